The molecule has 0 spiro atoms. The van der Waals surface area contributed by atoms with Gasteiger partial charge in [0.25, 0.3) is 0 Å². The van der Waals surface area contributed by atoms with E-state index in [1.165, 1.54) is 44.1 Å². The van der Waals surface area contributed by atoms with Gasteiger partial charge in [0.05, 0.1) is 18.7 Å². The van der Waals surface area contributed by atoms with Crippen LogP contribution in [0.1, 0.15) is 111 Å². The number of aromatic nitrogens is 1. The zero-order valence-electron chi connectivity index (χ0n) is 24.1. The molecule has 0 aliphatic heterocycles. The normalized spacial score (nSPS) is 48.9. The Hall–Kier alpha value is -1.32. The molecule has 4 saturated carbocycles. The Bertz CT molecular complexity index is 1060. The Morgan fingerprint density at radius 1 is 0.972 bits per heavy atom. The zero-order chi connectivity index (χ0) is 25.9. The molecule has 0 N–H and O–H groups in total. The lowest BCUT2D eigenvalue weighted by atomic mass is 9.32. The van der Waals surface area contributed by atoms with Crippen molar-refractivity contribution in [3.63, 3.8) is 0 Å². The third-order valence-corrected chi connectivity index (χ3v) is 13.9. The number of hydrogen-bond acceptors (Lipinski definition) is 4. The molecule has 36 heavy (non-hydrogen) atoms. The highest BCUT2D eigenvalue weighted by atomic mass is 16.5. The Balaban J connectivity index is 1.43. The van der Waals surface area contributed by atoms with Crippen molar-refractivity contribution >= 4 is 5.97 Å². The molecule has 9 atom stereocenters. The predicted octanol–water partition coefficient (Wildman–Crippen LogP) is 7.60. The van der Waals surface area contributed by atoms with Gasteiger partial charge in [-0.3, -0.25) is 4.79 Å². The highest BCUT2D eigenvalue weighted by Gasteiger charge is 2.72. The van der Waals surface area contributed by atoms with Gasteiger partial charge in [-0.05, 0) is 110 Å². The number of carbonyl (C=O) groups is 1. The van der Waals surface area contributed by atoms with Crippen molar-refractivity contribution in [3.05, 3.63) is 17.5 Å². The third kappa shape index (κ3) is 2.78. The topological polar surface area (TPSA) is 52.3 Å². The first kappa shape index (κ1) is 25.0. The Morgan fingerprint density at radius 3 is 2.42 bits per heavy atom. The summed E-state index contributed by atoms with van der Waals surface area (Å²) in [5.74, 6) is 4.88. The van der Waals surface area contributed by atoms with Crippen LogP contribution >= 0.6 is 0 Å². The number of fused-ring (bicyclic) bond motifs is 8. The number of rotatable bonds is 2. The number of methoxy groups -OCH3 is 1. The fourth-order valence-electron chi connectivity index (χ4n) is 12.2. The van der Waals surface area contributed by atoms with Gasteiger partial charge in [0.2, 0.25) is 0 Å². The molecule has 0 radical (unpaired) electrons. The summed E-state index contributed by atoms with van der Waals surface area (Å²) in [6.45, 7) is 17.6. The molecule has 0 amide bonds. The summed E-state index contributed by atoms with van der Waals surface area (Å²) < 4.78 is 11.4. The van der Waals surface area contributed by atoms with Gasteiger partial charge in [0.1, 0.15) is 5.76 Å². The summed E-state index contributed by atoms with van der Waals surface area (Å²) in [4.78, 5) is 13.4. The number of esters is 1. The molecule has 0 saturated heterocycles. The highest BCUT2D eigenvalue weighted by Crippen LogP contribution is 2.77. The maximum atomic E-state index is 13.4. The van der Waals surface area contributed by atoms with Crippen molar-refractivity contribution in [1.29, 1.82) is 0 Å². The van der Waals surface area contributed by atoms with E-state index in [0.717, 1.165) is 25.0 Å². The summed E-state index contributed by atoms with van der Waals surface area (Å²) in [6.07, 6.45) is 12.6. The van der Waals surface area contributed by atoms with Crippen LogP contribution < -0.4 is 0 Å². The van der Waals surface area contributed by atoms with Crippen LogP contribution in [0.5, 0.6) is 0 Å². The lowest BCUT2D eigenvalue weighted by molar-refractivity contribution is -0.231. The lowest BCUT2D eigenvalue weighted by Gasteiger charge is -2.72. The molecule has 4 heteroatoms. The summed E-state index contributed by atoms with van der Waals surface area (Å²) in [5.41, 5.74) is 1.94. The van der Waals surface area contributed by atoms with Crippen LogP contribution in [-0.4, -0.2) is 18.2 Å². The van der Waals surface area contributed by atoms with E-state index in [9.17, 15) is 4.79 Å². The van der Waals surface area contributed by atoms with Crippen molar-refractivity contribution in [2.24, 2.45) is 57.2 Å². The molecule has 5 aliphatic carbocycles. The second-order valence-electron chi connectivity index (χ2n) is 15.4. The van der Waals surface area contributed by atoms with Crippen LogP contribution in [0.2, 0.25) is 0 Å². The summed E-state index contributed by atoms with van der Waals surface area (Å²) in [6, 6.07) is 0. The minimum Gasteiger partial charge on any atom is -0.469 e. The van der Waals surface area contributed by atoms with Crippen molar-refractivity contribution in [2.45, 2.75) is 112 Å². The Labute approximate surface area is 218 Å². The summed E-state index contributed by atoms with van der Waals surface area (Å²) in [5, 5.41) is 4.26. The third-order valence-electron chi connectivity index (χ3n) is 13.9. The maximum Gasteiger partial charge on any atom is 0.312 e. The largest absolute Gasteiger partial charge is 0.469 e. The van der Waals surface area contributed by atoms with E-state index in [1.54, 1.807) is 7.11 Å². The van der Waals surface area contributed by atoms with Crippen LogP contribution in [0, 0.1) is 57.2 Å². The average Bonchev–Trinajstić information content (AvgIpc) is 3.44. The molecule has 0 aromatic carbocycles. The van der Waals surface area contributed by atoms with E-state index in [0.29, 0.717) is 35.5 Å². The van der Waals surface area contributed by atoms with E-state index in [1.807, 2.05) is 6.20 Å². The summed E-state index contributed by atoms with van der Waals surface area (Å²) in [7, 11) is 1.62. The van der Waals surface area contributed by atoms with Crippen molar-refractivity contribution in [2.75, 3.05) is 7.11 Å². The van der Waals surface area contributed by atoms with Gasteiger partial charge >= 0.3 is 5.97 Å². The van der Waals surface area contributed by atoms with E-state index < -0.39 is 0 Å². The van der Waals surface area contributed by atoms with Crippen LogP contribution in [0.25, 0.3) is 0 Å². The number of ether oxygens (including phenoxy) is 1. The first-order valence-corrected chi connectivity index (χ1v) is 14.9. The molecule has 1 heterocycles. The molecule has 4 nitrogen and oxygen atoms in total. The number of hydrogen-bond donors (Lipinski definition) is 0. The van der Waals surface area contributed by atoms with Gasteiger partial charge in [0.15, 0.2) is 0 Å². The van der Waals surface area contributed by atoms with Gasteiger partial charge < -0.3 is 9.26 Å². The van der Waals surface area contributed by atoms with Gasteiger partial charge in [-0.15, -0.1) is 0 Å². The molecule has 0 unspecified atom stereocenters. The standard InChI is InChI=1S/C32H49NO3/c1-19(2)21-11-14-32(27(34)35-8)16-15-30(6)22(25(21)32)9-10-24-29(5)17-20-18-33-36-26(20)28(3,4)23(29)12-13-31(24,30)7/h18-19,21-25H,9-17H2,1-8H3/t21-,22+,23-,24+,25+,29-,30+,31+,32-/m0/s1. The van der Waals surface area contributed by atoms with E-state index >= 15 is 0 Å². The molecule has 6 rings (SSSR count). The van der Waals surface area contributed by atoms with Gasteiger partial charge in [-0.25, -0.2) is 0 Å². The molecule has 4 fully saturated rings. The van der Waals surface area contributed by atoms with Crippen molar-refractivity contribution in [1.82, 2.24) is 5.16 Å². The first-order chi connectivity index (χ1) is 16.9. The average molecular weight is 496 g/mol. The number of nitrogens with zero attached hydrogens (tertiary/aromatic N) is 1. The molecule has 1 aromatic rings. The molecular formula is C32H49NO3. The molecular weight excluding hydrogens is 446 g/mol. The van der Waals surface area contributed by atoms with Crippen LogP contribution in [0.3, 0.4) is 0 Å². The molecule has 0 bridgehead atoms. The smallest absolute Gasteiger partial charge is 0.312 e. The van der Waals surface area contributed by atoms with Crippen molar-refractivity contribution < 1.29 is 14.1 Å². The van der Waals surface area contributed by atoms with Crippen LogP contribution in [0.15, 0.2) is 10.7 Å². The van der Waals surface area contributed by atoms with E-state index in [4.69, 9.17) is 9.26 Å². The second kappa shape index (κ2) is 7.63. The Morgan fingerprint density at radius 2 is 1.72 bits per heavy atom. The maximum absolute atomic E-state index is 13.4. The molecule has 200 valence electrons. The number of carbonyl (C=O) groups excluding carboxylic acids is 1. The van der Waals surface area contributed by atoms with E-state index in [2.05, 4.69) is 53.6 Å². The zero-order valence-corrected chi connectivity index (χ0v) is 24.1. The summed E-state index contributed by atoms with van der Waals surface area (Å²) >= 11 is 0. The monoisotopic (exact) mass is 495 g/mol. The van der Waals surface area contributed by atoms with Crippen molar-refractivity contribution in [3.8, 4) is 0 Å². The molecule has 5 aliphatic rings. The minimum absolute atomic E-state index is 0.0265. The quantitative estimate of drug-likeness (QED) is 0.396. The van der Waals surface area contributed by atoms with E-state index in [-0.39, 0.29) is 33.0 Å². The van der Waals surface area contributed by atoms with Crippen LogP contribution in [0.4, 0.5) is 0 Å². The van der Waals surface area contributed by atoms with Gasteiger partial charge in [0, 0.05) is 11.0 Å². The Kier molecular flexibility index (Phi) is 5.29. The fourth-order valence-corrected chi connectivity index (χ4v) is 12.2. The SMILES string of the molecule is COC(=O)[C@]12CC[C@@H](C(C)C)[C@@H]1[C@H]1CC[C@@H]3[C@@]4(C)Cc5cnoc5C(C)(C)[C@@H]4CC[C@@]3(C)[C@]1(C)CC2. The first-order valence-electron chi connectivity index (χ1n) is 14.9. The predicted molar refractivity (Wildman–Crippen MR) is 141 cm³/mol. The lowest BCUT2D eigenvalue weighted by Crippen LogP contribution is -2.67. The highest BCUT2D eigenvalue weighted by molar-refractivity contribution is 5.78. The van der Waals surface area contributed by atoms with Gasteiger partial charge in [-0.2, -0.15) is 0 Å². The van der Waals surface area contributed by atoms with Crippen LogP contribution in [-0.2, 0) is 21.4 Å². The minimum atomic E-state index is -0.248. The fraction of sp³-hybridized carbons (Fsp3) is 0.875. The second-order valence-corrected chi connectivity index (χ2v) is 15.4. The molecule has 1 aromatic heterocycles. The van der Waals surface area contributed by atoms with Gasteiger partial charge in [-0.1, -0.05) is 53.6 Å².